The van der Waals surface area contributed by atoms with Gasteiger partial charge < -0.3 is 20.1 Å². The SMILES string of the molecule is COc1ccc(CCNC(=O)COc2ccc(Nc3ccccc3)cc2)cc1. The molecule has 3 rings (SSSR count). The predicted octanol–water partition coefficient (Wildman–Crippen LogP) is 4.18. The predicted molar refractivity (Wildman–Crippen MR) is 111 cm³/mol. The Morgan fingerprint density at radius 3 is 2.14 bits per heavy atom. The van der Waals surface area contributed by atoms with Crippen molar-refractivity contribution in [1.82, 2.24) is 5.32 Å². The van der Waals surface area contributed by atoms with E-state index in [0.29, 0.717) is 12.3 Å². The van der Waals surface area contributed by atoms with Gasteiger partial charge in [0.2, 0.25) is 0 Å². The maximum absolute atomic E-state index is 11.9. The largest absolute Gasteiger partial charge is 0.497 e. The lowest BCUT2D eigenvalue weighted by Crippen LogP contribution is -2.30. The molecular weight excluding hydrogens is 352 g/mol. The van der Waals surface area contributed by atoms with E-state index in [1.165, 1.54) is 0 Å². The Bertz CT molecular complexity index is 863. The van der Waals surface area contributed by atoms with E-state index < -0.39 is 0 Å². The van der Waals surface area contributed by atoms with Gasteiger partial charge in [0.25, 0.3) is 5.91 Å². The quantitative estimate of drug-likeness (QED) is 0.588. The van der Waals surface area contributed by atoms with Crippen LogP contribution >= 0.6 is 0 Å². The molecule has 144 valence electrons. The lowest BCUT2D eigenvalue weighted by Gasteiger charge is -2.10. The monoisotopic (exact) mass is 376 g/mol. The van der Waals surface area contributed by atoms with Gasteiger partial charge in [-0.25, -0.2) is 0 Å². The van der Waals surface area contributed by atoms with E-state index in [1.54, 1.807) is 7.11 Å². The smallest absolute Gasteiger partial charge is 0.257 e. The zero-order valence-corrected chi connectivity index (χ0v) is 15.9. The molecule has 0 bridgehead atoms. The molecule has 0 unspecified atom stereocenters. The summed E-state index contributed by atoms with van der Waals surface area (Å²) in [7, 11) is 1.64. The first-order valence-corrected chi connectivity index (χ1v) is 9.17. The van der Waals surface area contributed by atoms with Crippen molar-refractivity contribution in [2.24, 2.45) is 0 Å². The average Bonchev–Trinajstić information content (AvgIpc) is 2.74. The second kappa shape index (κ2) is 10.0. The molecule has 0 aliphatic heterocycles. The van der Waals surface area contributed by atoms with Gasteiger partial charge in [0.1, 0.15) is 11.5 Å². The van der Waals surface area contributed by atoms with Gasteiger partial charge in [0.05, 0.1) is 7.11 Å². The molecule has 5 heteroatoms. The van der Waals surface area contributed by atoms with Gasteiger partial charge >= 0.3 is 0 Å². The second-order valence-electron chi connectivity index (χ2n) is 6.25. The van der Waals surface area contributed by atoms with E-state index in [-0.39, 0.29) is 12.5 Å². The lowest BCUT2D eigenvalue weighted by atomic mass is 10.1. The van der Waals surface area contributed by atoms with Crippen LogP contribution in [0.2, 0.25) is 0 Å². The number of hydrogen-bond acceptors (Lipinski definition) is 4. The Kier molecular flexibility index (Phi) is 6.90. The zero-order chi connectivity index (χ0) is 19.6. The summed E-state index contributed by atoms with van der Waals surface area (Å²) in [6.45, 7) is 0.558. The van der Waals surface area contributed by atoms with Crippen LogP contribution in [0, 0.1) is 0 Å². The molecule has 2 N–H and O–H groups in total. The maximum Gasteiger partial charge on any atom is 0.257 e. The highest BCUT2D eigenvalue weighted by molar-refractivity contribution is 5.77. The molecule has 0 aromatic heterocycles. The third-order valence-electron chi connectivity index (χ3n) is 4.18. The van der Waals surface area contributed by atoms with Crippen molar-refractivity contribution in [3.63, 3.8) is 0 Å². The molecule has 0 atom stereocenters. The molecule has 1 amide bonds. The fraction of sp³-hybridized carbons (Fsp3) is 0.174. The topological polar surface area (TPSA) is 59.6 Å². The molecule has 0 aliphatic rings. The molecule has 0 heterocycles. The van der Waals surface area contributed by atoms with Crippen molar-refractivity contribution in [2.75, 3.05) is 25.6 Å². The normalized spacial score (nSPS) is 10.2. The number of carbonyl (C=O) groups excluding carboxylic acids is 1. The van der Waals surface area contributed by atoms with Crippen molar-refractivity contribution < 1.29 is 14.3 Å². The van der Waals surface area contributed by atoms with Crippen LogP contribution in [0.25, 0.3) is 0 Å². The minimum Gasteiger partial charge on any atom is -0.497 e. The summed E-state index contributed by atoms with van der Waals surface area (Å²) in [4.78, 5) is 11.9. The number of para-hydroxylation sites is 1. The molecule has 5 nitrogen and oxygen atoms in total. The Morgan fingerprint density at radius 2 is 1.46 bits per heavy atom. The molecule has 3 aromatic carbocycles. The summed E-state index contributed by atoms with van der Waals surface area (Å²) in [5, 5.41) is 6.17. The van der Waals surface area contributed by atoms with Gasteiger partial charge in [0, 0.05) is 17.9 Å². The minimum atomic E-state index is -0.139. The van der Waals surface area contributed by atoms with Crippen LogP contribution in [0.1, 0.15) is 5.56 Å². The number of anilines is 2. The lowest BCUT2D eigenvalue weighted by molar-refractivity contribution is -0.123. The van der Waals surface area contributed by atoms with Crippen molar-refractivity contribution in [2.45, 2.75) is 6.42 Å². The number of benzene rings is 3. The molecule has 0 aliphatic carbocycles. The van der Waals surface area contributed by atoms with Gasteiger partial charge in [-0.3, -0.25) is 4.79 Å². The fourth-order valence-corrected chi connectivity index (χ4v) is 2.66. The van der Waals surface area contributed by atoms with E-state index in [4.69, 9.17) is 9.47 Å². The van der Waals surface area contributed by atoms with E-state index in [9.17, 15) is 4.79 Å². The Morgan fingerprint density at radius 1 is 0.821 bits per heavy atom. The summed E-state index contributed by atoms with van der Waals surface area (Å²) >= 11 is 0. The second-order valence-corrected chi connectivity index (χ2v) is 6.25. The maximum atomic E-state index is 11.9. The number of carbonyl (C=O) groups is 1. The molecule has 0 fully saturated rings. The van der Waals surface area contributed by atoms with Crippen LogP contribution in [0.15, 0.2) is 78.9 Å². The van der Waals surface area contributed by atoms with Crippen LogP contribution in [0.3, 0.4) is 0 Å². The van der Waals surface area contributed by atoms with Crippen LogP contribution in [0.5, 0.6) is 11.5 Å². The van der Waals surface area contributed by atoms with Crippen LogP contribution in [-0.4, -0.2) is 26.2 Å². The van der Waals surface area contributed by atoms with Gasteiger partial charge in [0.15, 0.2) is 6.61 Å². The number of nitrogens with one attached hydrogen (secondary N) is 2. The van der Waals surface area contributed by atoms with Gasteiger partial charge in [-0.2, -0.15) is 0 Å². The molecule has 0 spiro atoms. The van der Waals surface area contributed by atoms with E-state index in [0.717, 1.165) is 29.1 Å². The molecule has 0 saturated heterocycles. The third-order valence-corrected chi connectivity index (χ3v) is 4.18. The zero-order valence-electron chi connectivity index (χ0n) is 15.9. The van der Waals surface area contributed by atoms with Gasteiger partial charge in [-0.1, -0.05) is 30.3 Å². The van der Waals surface area contributed by atoms with Crippen molar-refractivity contribution in [3.8, 4) is 11.5 Å². The molecule has 0 radical (unpaired) electrons. The first-order chi connectivity index (χ1) is 13.7. The molecule has 28 heavy (non-hydrogen) atoms. The van der Waals surface area contributed by atoms with Crippen LogP contribution in [-0.2, 0) is 11.2 Å². The number of amides is 1. The van der Waals surface area contributed by atoms with Gasteiger partial charge in [-0.05, 0) is 60.5 Å². The van der Waals surface area contributed by atoms with E-state index >= 15 is 0 Å². The standard InChI is InChI=1S/C23H24N2O3/c1-27-21-11-7-18(8-12-21)15-16-24-23(26)17-28-22-13-9-20(10-14-22)25-19-5-3-2-4-6-19/h2-14,25H,15-17H2,1H3,(H,24,26). The highest BCUT2D eigenvalue weighted by Gasteiger charge is 2.03. The van der Waals surface area contributed by atoms with Crippen molar-refractivity contribution in [1.29, 1.82) is 0 Å². The van der Waals surface area contributed by atoms with E-state index in [2.05, 4.69) is 10.6 Å². The van der Waals surface area contributed by atoms with Crippen LogP contribution in [0.4, 0.5) is 11.4 Å². The Hall–Kier alpha value is -3.47. The number of hydrogen-bond donors (Lipinski definition) is 2. The van der Waals surface area contributed by atoms with E-state index in [1.807, 2.05) is 78.9 Å². The number of ether oxygens (including phenoxy) is 2. The minimum absolute atomic E-state index is 0.00588. The Balaban J connectivity index is 1.38. The summed E-state index contributed by atoms with van der Waals surface area (Å²) in [5.74, 6) is 1.34. The molecule has 0 saturated carbocycles. The number of rotatable bonds is 9. The highest BCUT2D eigenvalue weighted by atomic mass is 16.5. The summed E-state index contributed by atoms with van der Waals surface area (Å²) < 4.78 is 10.7. The average molecular weight is 376 g/mol. The fourth-order valence-electron chi connectivity index (χ4n) is 2.66. The molecule has 3 aromatic rings. The third kappa shape index (κ3) is 6.06. The summed E-state index contributed by atoms with van der Waals surface area (Å²) in [6.07, 6.45) is 0.760. The molecular formula is C23H24N2O3. The summed E-state index contributed by atoms with van der Waals surface area (Å²) in [6, 6.07) is 25.3. The van der Waals surface area contributed by atoms with Crippen LogP contribution < -0.4 is 20.1 Å². The summed E-state index contributed by atoms with van der Waals surface area (Å²) in [5.41, 5.74) is 3.12. The van der Waals surface area contributed by atoms with Crippen molar-refractivity contribution in [3.05, 3.63) is 84.4 Å². The highest BCUT2D eigenvalue weighted by Crippen LogP contribution is 2.19. The first-order valence-electron chi connectivity index (χ1n) is 9.17. The number of methoxy groups -OCH3 is 1. The van der Waals surface area contributed by atoms with Crippen molar-refractivity contribution >= 4 is 17.3 Å². The van der Waals surface area contributed by atoms with Gasteiger partial charge in [-0.15, -0.1) is 0 Å². The first kappa shape index (κ1) is 19.3. The Labute approximate surface area is 165 Å².